The lowest BCUT2D eigenvalue weighted by Gasteiger charge is -2.09. The van der Waals surface area contributed by atoms with Crippen LogP contribution in [0.1, 0.15) is 10.4 Å². The number of carboxylic acid groups (broad SMARTS) is 1. The first kappa shape index (κ1) is 12.0. The van der Waals surface area contributed by atoms with Crippen LogP contribution in [0.3, 0.4) is 0 Å². The van der Waals surface area contributed by atoms with Crippen molar-refractivity contribution in [2.75, 3.05) is 5.32 Å². The van der Waals surface area contributed by atoms with Gasteiger partial charge in [0.15, 0.2) is 0 Å². The summed E-state index contributed by atoms with van der Waals surface area (Å²) in [7, 11) is 0. The number of carbonyl (C=O) groups is 1. The number of halogens is 2. The third kappa shape index (κ3) is 2.63. The van der Waals surface area contributed by atoms with Gasteiger partial charge >= 0.3 is 5.97 Å². The van der Waals surface area contributed by atoms with E-state index in [1.54, 1.807) is 0 Å². The lowest BCUT2D eigenvalue weighted by molar-refractivity contribution is 0.0698. The molecule has 0 radical (unpaired) electrons. The van der Waals surface area contributed by atoms with Crippen molar-refractivity contribution >= 4 is 17.3 Å². The Labute approximate surface area is 102 Å². The molecule has 0 bridgehead atoms. The summed E-state index contributed by atoms with van der Waals surface area (Å²) in [5.41, 5.74) is 0.541. The van der Waals surface area contributed by atoms with E-state index in [1.807, 2.05) is 0 Å². The second kappa shape index (κ2) is 4.83. The Morgan fingerprint density at radius 1 is 1.00 bits per heavy atom. The van der Waals surface area contributed by atoms with E-state index < -0.39 is 17.6 Å². The monoisotopic (exact) mass is 249 g/mol. The Morgan fingerprint density at radius 3 is 2.22 bits per heavy atom. The summed E-state index contributed by atoms with van der Waals surface area (Å²) in [4.78, 5) is 11.0. The van der Waals surface area contributed by atoms with Crippen molar-refractivity contribution in [1.29, 1.82) is 0 Å². The highest BCUT2D eigenvalue weighted by Crippen LogP contribution is 2.22. The molecule has 0 aliphatic carbocycles. The lowest BCUT2D eigenvalue weighted by atomic mass is 10.1. The predicted octanol–water partition coefficient (Wildman–Crippen LogP) is 3.41. The van der Waals surface area contributed by atoms with Gasteiger partial charge in [-0.05, 0) is 42.5 Å². The van der Waals surface area contributed by atoms with Gasteiger partial charge in [-0.2, -0.15) is 0 Å². The normalized spacial score (nSPS) is 10.1. The highest BCUT2D eigenvalue weighted by Gasteiger charge is 2.11. The molecule has 92 valence electrons. The molecule has 2 rings (SSSR count). The SMILES string of the molecule is O=C(O)c1ccc(F)cc1Nc1ccc(F)cc1. The molecule has 0 saturated heterocycles. The number of hydrogen-bond donors (Lipinski definition) is 2. The van der Waals surface area contributed by atoms with Crippen LogP contribution in [0.25, 0.3) is 0 Å². The first-order chi connectivity index (χ1) is 8.56. The molecule has 0 aliphatic rings. The maximum Gasteiger partial charge on any atom is 0.337 e. The fourth-order valence-corrected chi connectivity index (χ4v) is 1.50. The van der Waals surface area contributed by atoms with E-state index in [1.165, 1.54) is 30.3 Å². The van der Waals surface area contributed by atoms with Gasteiger partial charge in [-0.25, -0.2) is 13.6 Å². The second-order valence-corrected chi connectivity index (χ2v) is 3.63. The highest BCUT2D eigenvalue weighted by atomic mass is 19.1. The Hall–Kier alpha value is -2.43. The number of benzene rings is 2. The zero-order valence-corrected chi connectivity index (χ0v) is 9.15. The molecule has 0 atom stereocenters. The molecule has 0 unspecified atom stereocenters. The average molecular weight is 249 g/mol. The Balaban J connectivity index is 2.35. The summed E-state index contributed by atoms with van der Waals surface area (Å²) in [6.45, 7) is 0. The highest BCUT2D eigenvalue weighted by molar-refractivity contribution is 5.95. The predicted molar refractivity (Wildman–Crippen MR) is 63.0 cm³/mol. The molecule has 2 N–H and O–H groups in total. The molecule has 2 aromatic rings. The van der Waals surface area contributed by atoms with Gasteiger partial charge < -0.3 is 10.4 Å². The number of anilines is 2. The standard InChI is InChI=1S/C13H9F2NO2/c14-8-1-4-10(5-2-8)16-12-7-9(15)3-6-11(12)13(17)18/h1-7,16H,(H,17,18). The van der Waals surface area contributed by atoms with Gasteiger partial charge in [0.05, 0.1) is 11.3 Å². The van der Waals surface area contributed by atoms with Gasteiger partial charge in [-0.15, -0.1) is 0 Å². The molecule has 0 spiro atoms. The summed E-state index contributed by atoms with van der Waals surface area (Å²) in [5.74, 6) is -2.12. The van der Waals surface area contributed by atoms with E-state index in [4.69, 9.17) is 5.11 Å². The Bertz CT molecular complexity index is 582. The third-order valence-corrected chi connectivity index (χ3v) is 2.34. The summed E-state index contributed by atoms with van der Waals surface area (Å²) in [6, 6.07) is 8.64. The van der Waals surface area contributed by atoms with Crippen LogP contribution < -0.4 is 5.32 Å². The molecule has 3 nitrogen and oxygen atoms in total. The van der Waals surface area contributed by atoms with E-state index in [0.717, 1.165) is 12.1 Å². The van der Waals surface area contributed by atoms with Crippen molar-refractivity contribution in [3.05, 3.63) is 59.7 Å². The van der Waals surface area contributed by atoms with E-state index in [2.05, 4.69) is 5.32 Å². The Kier molecular flexibility index (Phi) is 3.23. The molecule has 5 heteroatoms. The van der Waals surface area contributed by atoms with Crippen LogP contribution in [0.15, 0.2) is 42.5 Å². The van der Waals surface area contributed by atoms with Crippen LogP contribution in [0.4, 0.5) is 20.2 Å². The quantitative estimate of drug-likeness (QED) is 0.876. The maximum absolute atomic E-state index is 13.1. The smallest absolute Gasteiger partial charge is 0.337 e. The van der Waals surface area contributed by atoms with Crippen LogP contribution in [0.2, 0.25) is 0 Å². The number of nitrogens with one attached hydrogen (secondary N) is 1. The lowest BCUT2D eigenvalue weighted by Crippen LogP contribution is -2.03. The Morgan fingerprint density at radius 2 is 1.61 bits per heavy atom. The molecular formula is C13H9F2NO2. The minimum Gasteiger partial charge on any atom is -0.478 e. The van der Waals surface area contributed by atoms with Crippen molar-refractivity contribution in [1.82, 2.24) is 0 Å². The average Bonchev–Trinajstić information content (AvgIpc) is 2.32. The van der Waals surface area contributed by atoms with Crippen molar-refractivity contribution in [3.63, 3.8) is 0 Å². The topological polar surface area (TPSA) is 49.3 Å². The van der Waals surface area contributed by atoms with Gasteiger partial charge in [-0.3, -0.25) is 0 Å². The van der Waals surface area contributed by atoms with Gasteiger partial charge in [0, 0.05) is 5.69 Å². The van der Waals surface area contributed by atoms with Crippen LogP contribution in [0, 0.1) is 11.6 Å². The fraction of sp³-hybridized carbons (Fsp3) is 0. The van der Waals surface area contributed by atoms with Gasteiger partial charge in [0.2, 0.25) is 0 Å². The molecule has 2 aromatic carbocycles. The number of aromatic carboxylic acids is 1. The van der Waals surface area contributed by atoms with Crippen LogP contribution in [-0.2, 0) is 0 Å². The van der Waals surface area contributed by atoms with E-state index in [9.17, 15) is 13.6 Å². The first-order valence-corrected chi connectivity index (χ1v) is 5.12. The van der Waals surface area contributed by atoms with E-state index >= 15 is 0 Å². The molecule has 0 heterocycles. The van der Waals surface area contributed by atoms with Crippen molar-refractivity contribution in [3.8, 4) is 0 Å². The molecular weight excluding hydrogens is 240 g/mol. The van der Waals surface area contributed by atoms with Crippen molar-refractivity contribution in [2.45, 2.75) is 0 Å². The van der Waals surface area contributed by atoms with Crippen molar-refractivity contribution in [2.24, 2.45) is 0 Å². The summed E-state index contributed by atoms with van der Waals surface area (Å²) in [5, 5.41) is 11.7. The number of hydrogen-bond acceptors (Lipinski definition) is 2. The first-order valence-electron chi connectivity index (χ1n) is 5.12. The van der Waals surface area contributed by atoms with E-state index in [-0.39, 0.29) is 11.3 Å². The van der Waals surface area contributed by atoms with Gasteiger partial charge in [0.25, 0.3) is 0 Å². The zero-order chi connectivity index (χ0) is 13.1. The minimum absolute atomic E-state index is 0.0549. The summed E-state index contributed by atoms with van der Waals surface area (Å²) < 4.78 is 25.8. The van der Waals surface area contributed by atoms with Gasteiger partial charge in [0.1, 0.15) is 11.6 Å². The van der Waals surface area contributed by atoms with Crippen LogP contribution in [-0.4, -0.2) is 11.1 Å². The summed E-state index contributed by atoms with van der Waals surface area (Å²) >= 11 is 0. The third-order valence-electron chi connectivity index (χ3n) is 2.34. The largest absolute Gasteiger partial charge is 0.478 e. The second-order valence-electron chi connectivity index (χ2n) is 3.63. The minimum atomic E-state index is -1.17. The number of rotatable bonds is 3. The van der Waals surface area contributed by atoms with Crippen LogP contribution >= 0.6 is 0 Å². The van der Waals surface area contributed by atoms with Crippen LogP contribution in [0.5, 0.6) is 0 Å². The maximum atomic E-state index is 13.1. The van der Waals surface area contributed by atoms with Gasteiger partial charge in [-0.1, -0.05) is 0 Å². The summed E-state index contributed by atoms with van der Waals surface area (Å²) in [6.07, 6.45) is 0. The van der Waals surface area contributed by atoms with E-state index in [0.29, 0.717) is 5.69 Å². The molecule has 18 heavy (non-hydrogen) atoms. The molecule has 0 fully saturated rings. The molecule has 0 amide bonds. The molecule has 0 aliphatic heterocycles. The zero-order valence-electron chi connectivity index (χ0n) is 9.15. The number of carboxylic acids is 1. The molecule has 0 saturated carbocycles. The molecule has 0 aromatic heterocycles. The van der Waals surface area contributed by atoms with Crippen molar-refractivity contribution < 1.29 is 18.7 Å². The fourth-order valence-electron chi connectivity index (χ4n) is 1.50.